The third-order valence-corrected chi connectivity index (χ3v) is 2.73. The van der Waals surface area contributed by atoms with E-state index < -0.39 is 0 Å². The van der Waals surface area contributed by atoms with Gasteiger partial charge in [0.2, 0.25) is 11.9 Å². The van der Waals surface area contributed by atoms with Crippen LogP contribution < -0.4 is 10.9 Å². The standard InChI is InChI=1S/C12H18N4O2/c1-8-6-9(2)14-12(13-8)16-15-11(17)7-10-4-3-5-18-10/h6,10H,3-5,7H2,1-2H3,(H,15,17)(H,13,14,16). The van der Waals surface area contributed by atoms with Crippen LogP contribution in [0.15, 0.2) is 6.07 Å². The Morgan fingerprint density at radius 2 is 2.17 bits per heavy atom. The number of amides is 1. The van der Waals surface area contributed by atoms with Crippen LogP contribution in [0.1, 0.15) is 30.7 Å². The molecule has 0 bridgehead atoms. The lowest BCUT2D eigenvalue weighted by Crippen LogP contribution is -2.32. The van der Waals surface area contributed by atoms with Crippen molar-refractivity contribution in [1.82, 2.24) is 15.4 Å². The minimum absolute atomic E-state index is 0.0481. The van der Waals surface area contributed by atoms with Crippen molar-refractivity contribution < 1.29 is 9.53 Å². The minimum Gasteiger partial charge on any atom is -0.378 e. The van der Waals surface area contributed by atoms with E-state index in [2.05, 4.69) is 20.8 Å². The topological polar surface area (TPSA) is 76.1 Å². The summed E-state index contributed by atoms with van der Waals surface area (Å²) in [6, 6.07) is 1.87. The molecule has 1 aromatic rings. The van der Waals surface area contributed by atoms with Gasteiger partial charge in [-0.2, -0.15) is 0 Å². The van der Waals surface area contributed by atoms with Crippen molar-refractivity contribution in [2.24, 2.45) is 0 Å². The van der Waals surface area contributed by atoms with Crippen molar-refractivity contribution in [1.29, 1.82) is 0 Å². The van der Waals surface area contributed by atoms with Crippen molar-refractivity contribution in [2.75, 3.05) is 12.0 Å². The Morgan fingerprint density at radius 3 is 2.78 bits per heavy atom. The van der Waals surface area contributed by atoms with Crippen LogP contribution >= 0.6 is 0 Å². The minimum atomic E-state index is -0.107. The van der Waals surface area contributed by atoms with Gasteiger partial charge in [-0.25, -0.2) is 9.97 Å². The van der Waals surface area contributed by atoms with Crippen molar-refractivity contribution in [3.63, 3.8) is 0 Å². The number of rotatable bonds is 4. The van der Waals surface area contributed by atoms with Gasteiger partial charge in [0.25, 0.3) is 0 Å². The maximum absolute atomic E-state index is 11.6. The van der Waals surface area contributed by atoms with Crippen LogP contribution in [0.4, 0.5) is 5.95 Å². The molecular weight excluding hydrogens is 232 g/mol. The van der Waals surface area contributed by atoms with Gasteiger partial charge < -0.3 is 4.74 Å². The Labute approximate surface area is 106 Å². The summed E-state index contributed by atoms with van der Waals surface area (Å²) < 4.78 is 5.39. The fourth-order valence-electron chi connectivity index (χ4n) is 1.97. The van der Waals surface area contributed by atoms with Crippen LogP contribution in [0, 0.1) is 13.8 Å². The monoisotopic (exact) mass is 250 g/mol. The van der Waals surface area contributed by atoms with Crippen LogP contribution in [0.2, 0.25) is 0 Å². The lowest BCUT2D eigenvalue weighted by molar-refractivity contribution is -0.122. The van der Waals surface area contributed by atoms with Gasteiger partial charge in [-0.15, -0.1) is 0 Å². The molecule has 2 N–H and O–H groups in total. The zero-order valence-electron chi connectivity index (χ0n) is 10.7. The predicted molar refractivity (Wildman–Crippen MR) is 66.9 cm³/mol. The van der Waals surface area contributed by atoms with Crippen molar-refractivity contribution >= 4 is 11.9 Å². The van der Waals surface area contributed by atoms with Gasteiger partial charge in [0.1, 0.15) is 0 Å². The summed E-state index contributed by atoms with van der Waals surface area (Å²) in [7, 11) is 0. The Kier molecular flexibility index (Phi) is 4.09. The van der Waals surface area contributed by atoms with Gasteiger partial charge in [-0.05, 0) is 32.8 Å². The third-order valence-electron chi connectivity index (χ3n) is 2.73. The highest BCUT2D eigenvalue weighted by molar-refractivity contribution is 5.77. The fraction of sp³-hybridized carbons (Fsp3) is 0.583. The van der Waals surface area contributed by atoms with E-state index in [0.717, 1.165) is 30.8 Å². The van der Waals surface area contributed by atoms with Gasteiger partial charge in [-0.3, -0.25) is 15.6 Å². The highest BCUT2D eigenvalue weighted by atomic mass is 16.5. The molecule has 6 heteroatoms. The van der Waals surface area contributed by atoms with E-state index in [0.29, 0.717) is 12.4 Å². The van der Waals surface area contributed by atoms with Crippen LogP contribution in [0.3, 0.4) is 0 Å². The van der Waals surface area contributed by atoms with Gasteiger partial charge >= 0.3 is 0 Å². The first kappa shape index (κ1) is 12.8. The molecule has 2 heterocycles. The molecule has 0 radical (unpaired) electrons. The summed E-state index contributed by atoms with van der Waals surface area (Å²) in [5.74, 6) is 0.304. The molecule has 2 rings (SSSR count). The number of hydrazine groups is 1. The Bertz CT molecular complexity index is 410. The number of anilines is 1. The van der Waals surface area contributed by atoms with Crippen LogP contribution in [0.25, 0.3) is 0 Å². The molecule has 1 aromatic heterocycles. The number of ether oxygens (including phenoxy) is 1. The molecular formula is C12H18N4O2. The Hall–Kier alpha value is -1.69. The quantitative estimate of drug-likeness (QED) is 0.783. The average molecular weight is 250 g/mol. The Balaban J connectivity index is 1.81. The number of nitrogens with one attached hydrogen (secondary N) is 2. The first-order valence-corrected chi connectivity index (χ1v) is 6.12. The number of aromatic nitrogens is 2. The molecule has 1 unspecified atom stereocenters. The van der Waals surface area contributed by atoms with E-state index in [1.807, 2.05) is 19.9 Å². The van der Waals surface area contributed by atoms with E-state index in [9.17, 15) is 4.79 Å². The molecule has 1 aliphatic rings. The summed E-state index contributed by atoms with van der Waals surface area (Å²) in [6.07, 6.45) is 2.41. The zero-order chi connectivity index (χ0) is 13.0. The summed E-state index contributed by atoms with van der Waals surface area (Å²) >= 11 is 0. The highest BCUT2D eigenvalue weighted by Crippen LogP contribution is 2.14. The second-order valence-electron chi connectivity index (χ2n) is 4.49. The first-order valence-electron chi connectivity index (χ1n) is 6.12. The summed E-state index contributed by atoms with van der Waals surface area (Å²) in [5.41, 5.74) is 7.03. The van der Waals surface area contributed by atoms with Gasteiger partial charge in [0, 0.05) is 18.0 Å². The van der Waals surface area contributed by atoms with Crippen molar-refractivity contribution in [3.05, 3.63) is 17.5 Å². The number of carbonyl (C=O) groups is 1. The van der Waals surface area contributed by atoms with Gasteiger partial charge in [0.05, 0.1) is 12.5 Å². The maximum Gasteiger partial charge on any atom is 0.242 e. The average Bonchev–Trinajstić information content (AvgIpc) is 2.78. The number of aryl methyl sites for hydroxylation is 2. The summed E-state index contributed by atoms with van der Waals surface area (Å²) in [5, 5.41) is 0. The molecule has 1 atom stereocenters. The third kappa shape index (κ3) is 3.66. The van der Waals surface area contributed by atoms with Crippen molar-refractivity contribution in [2.45, 2.75) is 39.2 Å². The number of hydrogen-bond acceptors (Lipinski definition) is 5. The maximum atomic E-state index is 11.6. The number of nitrogens with zero attached hydrogens (tertiary/aromatic N) is 2. The molecule has 1 saturated heterocycles. The zero-order valence-corrected chi connectivity index (χ0v) is 10.7. The normalized spacial score (nSPS) is 18.7. The van der Waals surface area contributed by atoms with Crippen LogP contribution in [-0.4, -0.2) is 28.6 Å². The Morgan fingerprint density at radius 1 is 1.44 bits per heavy atom. The second kappa shape index (κ2) is 5.77. The summed E-state index contributed by atoms with van der Waals surface area (Å²) in [6.45, 7) is 4.52. The molecule has 0 spiro atoms. The largest absolute Gasteiger partial charge is 0.378 e. The molecule has 1 aliphatic heterocycles. The number of carbonyl (C=O) groups excluding carboxylic acids is 1. The van der Waals surface area contributed by atoms with Crippen molar-refractivity contribution in [3.8, 4) is 0 Å². The SMILES string of the molecule is Cc1cc(C)nc(NNC(=O)CC2CCCO2)n1. The fourth-order valence-corrected chi connectivity index (χ4v) is 1.97. The van der Waals surface area contributed by atoms with E-state index in [4.69, 9.17) is 4.74 Å². The molecule has 0 saturated carbocycles. The van der Waals surface area contributed by atoms with E-state index in [-0.39, 0.29) is 12.0 Å². The molecule has 1 fully saturated rings. The number of hydrogen-bond donors (Lipinski definition) is 2. The molecule has 18 heavy (non-hydrogen) atoms. The molecule has 0 aliphatic carbocycles. The molecule has 0 aromatic carbocycles. The van der Waals surface area contributed by atoms with E-state index >= 15 is 0 Å². The van der Waals surface area contributed by atoms with Gasteiger partial charge in [0.15, 0.2) is 0 Å². The van der Waals surface area contributed by atoms with Crippen LogP contribution in [-0.2, 0) is 9.53 Å². The summed E-state index contributed by atoms with van der Waals surface area (Å²) in [4.78, 5) is 20.0. The lowest BCUT2D eigenvalue weighted by atomic mass is 10.2. The van der Waals surface area contributed by atoms with E-state index in [1.165, 1.54) is 0 Å². The lowest BCUT2D eigenvalue weighted by Gasteiger charge is -2.11. The molecule has 98 valence electrons. The smallest absolute Gasteiger partial charge is 0.242 e. The second-order valence-corrected chi connectivity index (χ2v) is 4.49. The highest BCUT2D eigenvalue weighted by Gasteiger charge is 2.18. The van der Waals surface area contributed by atoms with Gasteiger partial charge in [-0.1, -0.05) is 0 Å². The van der Waals surface area contributed by atoms with Crippen LogP contribution in [0.5, 0.6) is 0 Å². The first-order chi connectivity index (χ1) is 8.63. The molecule has 6 nitrogen and oxygen atoms in total. The van der Waals surface area contributed by atoms with E-state index in [1.54, 1.807) is 0 Å². The predicted octanol–water partition coefficient (Wildman–Crippen LogP) is 1.11. The molecule has 1 amide bonds.